The number of hydrogen-bond donors (Lipinski definition) is 0. The van der Waals surface area contributed by atoms with Gasteiger partial charge >= 0.3 is 0 Å². The molecule has 7 rings (SSSR count). The fraction of sp³-hybridized carbons (Fsp3) is 0.167. The van der Waals surface area contributed by atoms with Gasteiger partial charge in [-0.1, -0.05) is 30.3 Å². The molecule has 9 heteroatoms. The molecule has 7 aromatic rings. The molecule has 9 nitrogen and oxygen atoms in total. The number of fused-ring (bicyclic) bond motifs is 2. The molecule has 220 valence electrons. The van der Waals surface area contributed by atoms with Crippen molar-refractivity contribution < 1.29 is 0 Å². The highest BCUT2D eigenvalue weighted by molar-refractivity contribution is 5.91. The van der Waals surface area contributed by atoms with Crippen molar-refractivity contribution in [1.29, 1.82) is 0 Å². The van der Waals surface area contributed by atoms with Gasteiger partial charge in [-0.2, -0.15) is 0 Å². The first-order chi connectivity index (χ1) is 21.8. The predicted molar refractivity (Wildman–Crippen MR) is 178 cm³/mol. The molecule has 45 heavy (non-hydrogen) atoms. The van der Waals surface area contributed by atoms with E-state index in [-0.39, 0.29) is 0 Å². The molecule has 0 atom stereocenters. The average molecular weight is 590 g/mol. The Morgan fingerprint density at radius 3 is 1.33 bits per heavy atom. The summed E-state index contributed by atoms with van der Waals surface area (Å²) in [5.74, 6) is 0. The van der Waals surface area contributed by atoms with Crippen LogP contribution < -0.4 is 4.90 Å². The number of aryl methyl sites for hydroxylation is 4. The van der Waals surface area contributed by atoms with Gasteiger partial charge in [0.05, 0.1) is 35.2 Å². The highest BCUT2D eigenvalue weighted by Gasteiger charge is 2.26. The molecule has 0 radical (unpaired) electrons. The summed E-state index contributed by atoms with van der Waals surface area (Å²) in [5.41, 5.74) is 15.6. The molecule has 0 aliphatic rings. The zero-order valence-electron chi connectivity index (χ0n) is 26.0. The molecule has 0 amide bonds. The van der Waals surface area contributed by atoms with Crippen LogP contribution in [0.3, 0.4) is 0 Å². The van der Waals surface area contributed by atoms with Crippen molar-refractivity contribution >= 4 is 39.7 Å². The summed E-state index contributed by atoms with van der Waals surface area (Å²) in [7, 11) is 0. The van der Waals surface area contributed by atoms with E-state index < -0.39 is 0 Å². The molecule has 0 saturated heterocycles. The minimum absolute atomic E-state index is 0.520. The van der Waals surface area contributed by atoms with E-state index in [1.807, 2.05) is 6.07 Å². The van der Waals surface area contributed by atoms with Gasteiger partial charge < -0.3 is 4.90 Å². The Balaban J connectivity index is 1.50. The smallest absolute Gasteiger partial charge is 0.198 e. The third-order valence-corrected chi connectivity index (χ3v) is 8.23. The van der Waals surface area contributed by atoms with Gasteiger partial charge in [0.1, 0.15) is 0 Å². The minimum Gasteiger partial charge on any atom is -0.309 e. The van der Waals surface area contributed by atoms with Crippen LogP contribution in [0.25, 0.3) is 45.1 Å². The summed E-state index contributed by atoms with van der Waals surface area (Å²) >= 11 is 0. The van der Waals surface area contributed by atoms with E-state index >= 15 is 0 Å². The van der Waals surface area contributed by atoms with Gasteiger partial charge in [-0.15, -0.1) is 0 Å². The maximum atomic E-state index is 4.89. The van der Waals surface area contributed by atoms with Gasteiger partial charge in [0.2, 0.25) is 0 Å². The van der Waals surface area contributed by atoms with E-state index in [1.165, 1.54) is 0 Å². The van der Waals surface area contributed by atoms with Crippen LogP contribution in [0, 0.1) is 41.5 Å². The van der Waals surface area contributed by atoms with Gasteiger partial charge in [0, 0.05) is 41.6 Å². The standard InChI is InChI=1S/C36H31N9/c1-20-16-22(3)31(24(5)29(20)27-18-41-33-35(43-27)39-14-12-37-33)45(26-10-8-7-9-11-26)32-23(4)17-21(2)30(25(32)6)28-19-42-34-36(44-28)40-15-13-38-34/h7-19H,1-6H3. The number of para-hydroxylation sites is 1. The van der Waals surface area contributed by atoms with Crippen LogP contribution in [-0.2, 0) is 0 Å². The highest BCUT2D eigenvalue weighted by atomic mass is 15.2. The van der Waals surface area contributed by atoms with Crippen molar-refractivity contribution in [2.24, 2.45) is 0 Å². The maximum Gasteiger partial charge on any atom is 0.198 e. The Bertz CT molecular complexity index is 2110. The zero-order valence-corrected chi connectivity index (χ0v) is 26.0. The molecule has 0 aliphatic carbocycles. The molecule has 0 aliphatic heterocycles. The molecule has 4 heterocycles. The summed E-state index contributed by atoms with van der Waals surface area (Å²) in [4.78, 5) is 38.8. The Morgan fingerprint density at radius 2 is 0.889 bits per heavy atom. The van der Waals surface area contributed by atoms with E-state index in [0.717, 1.165) is 73.0 Å². The third-order valence-electron chi connectivity index (χ3n) is 8.23. The van der Waals surface area contributed by atoms with Crippen molar-refractivity contribution in [1.82, 2.24) is 39.9 Å². The fourth-order valence-electron chi connectivity index (χ4n) is 6.53. The first kappa shape index (κ1) is 28.1. The second kappa shape index (κ2) is 11.1. The second-order valence-electron chi connectivity index (χ2n) is 11.3. The van der Waals surface area contributed by atoms with Gasteiger partial charge in [0.25, 0.3) is 0 Å². The lowest BCUT2D eigenvalue weighted by atomic mass is 9.91. The fourth-order valence-corrected chi connectivity index (χ4v) is 6.53. The minimum atomic E-state index is 0.520. The largest absolute Gasteiger partial charge is 0.309 e. The monoisotopic (exact) mass is 589 g/mol. The normalized spacial score (nSPS) is 11.3. The van der Waals surface area contributed by atoms with Crippen LogP contribution in [0.4, 0.5) is 17.1 Å². The molecule has 0 spiro atoms. The molecule has 0 saturated carbocycles. The zero-order chi connectivity index (χ0) is 31.2. The Hall–Kier alpha value is -5.70. The van der Waals surface area contributed by atoms with E-state index in [4.69, 9.17) is 9.97 Å². The van der Waals surface area contributed by atoms with Crippen LogP contribution in [-0.4, -0.2) is 39.9 Å². The molecule has 4 aromatic heterocycles. The number of hydrogen-bond acceptors (Lipinski definition) is 9. The first-order valence-electron chi connectivity index (χ1n) is 14.8. The van der Waals surface area contributed by atoms with Crippen molar-refractivity contribution in [3.63, 3.8) is 0 Å². The summed E-state index contributed by atoms with van der Waals surface area (Å²) in [6.45, 7) is 12.9. The van der Waals surface area contributed by atoms with Crippen LogP contribution in [0.5, 0.6) is 0 Å². The highest BCUT2D eigenvalue weighted by Crippen LogP contribution is 2.47. The topological polar surface area (TPSA) is 106 Å². The second-order valence-corrected chi connectivity index (χ2v) is 11.3. The van der Waals surface area contributed by atoms with Crippen molar-refractivity contribution in [3.05, 3.63) is 113 Å². The number of aromatic nitrogens is 8. The van der Waals surface area contributed by atoms with Gasteiger partial charge in [-0.05, 0) is 87.1 Å². The van der Waals surface area contributed by atoms with Crippen molar-refractivity contribution in [3.8, 4) is 22.5 Å². The lowest BCUT2D eigenvalue weighted by Gasteiger charge is -2.33. The number of benzene rings is 3. The van der Waals surface area contributed by atoms with Crippen LogP contribution in [0.2, 0.25) is 0 Å². The summed E-state index contributed by atoms with van der Waals surface area (Å²) < 4.78 is 0. The Kier molecular flexibility index (Phi) is 6.93. The summed E-state index contributed by atoms with van der Waals surface area (Å²) in [6.07, 6.45) is 10.1. The number of anilines is 3. The lowest BCUT2D eigenvalue weighted by molar-refractivity contribution is 1.13. The molecule has 0 N–H and O–H groups in total. The third kappa shape index (κ3) is 4.82. The summed E-state index contributed by atoms with van der Waals surface area (Å²) in [6, 6.07) is 14.9. The predicted octanol–water partition coefficient (Wildman–Crippen LogP) is 7.81. The van der Waals surface area contributed by atoms with Crippen LogP contribution in [0.1, 0.15) is 33.4 Å². The van der Waals surface area contributed by atoms with Crippen LogP contribution >= 0.6 is 0 Å². The molecule has 0 fully saturated rings. The van der Waals surface area contributed by atoms with Gasteiger partial charge in [-0.25, -0.2) is 39.9 Å². The molecule has 3 aromatic carbocycles. The molecule has 0 unspecified atom stereocenters. The van der Waals surface area contributed by atoms with E-state index in [2.05, 4.69) is 113 Å². The van der Waals surface area contributed by atoms with Gasteiger partial charge in [0.15, 0.2) is 22.6 Å². The molecule has 0 bridgehead atoms. The van der Waals surface area contributed by atoms with Gasteiger partial charge in [-0.3, -0.25) is 0 Å². The quantitative estimate of drug-likeness (QED) is 0.199. The summed E-state index contributed by atoms with van der Waals surface area (Å²) in [5, 5.41) is 0. The SMILES string of the molecule is Cc1cc(C)c(N(c2ccccc2)c2c(C)cc(C)c(-c3cnc4nccnc4n3)c2C)c(C)c1-c1cnc2nccnc2n1. The molecular formula is C36H31N9. The number of rotatable bonds is 5. The van der Waals surface area contributed by atoms with E-state index in [0.29, 0.717) is 22.6 Å². The lowest BCUT2D eigenvalue weighted by Crippen LogP contribution is -2.17. The van der Waals surface area contributed by atoms with E-state index in [1.54, 1.807) is 37.2 Å². The maximum absolute atomic E-state index is 4.89. The van der Waals surface area contributed by atoms with Crippen molar-refractivity contribution in [2.75, 3.05) is 4.90 Å². The Labute approximate surface area is 261 Å². The van der Waals surface area contributed by atoms with Crippen molar-refractivity contribution in [2.45, 2.75) is 41.5 Å². The first-order valence-corrected chi connectivity index (χ1v) is 14.8. The van der Waals surface area contributed by atoms with E-state index in [9.17, 15) is 0 Å². The average Bonchev–Trinajstić information content (AvgIpc) is 3.04. The van der Waals surface area contributed by atoms with Crippen LogP contribution in [0.15, 0.2) is 79.6 Å². The Morgan fingerprint density at radius 1 is 0.467 bits per heavy atom. The molecular weight excluding hydrogens is 558 g/mol. The number of nitrogens with zero attached hydrogens (tertiary/aromatic N) is 9.